The Morgan fingerprint density at radius 2 is 2.05 bits per heavy atom. The maximum absolute atomic E-state index is 13.9. The molecule has 0 N–H and O–H groups in total. The molecule has 0 saturated carbocycles. The number of rotatable bonds is 3. The van der Waals surface area contributed by atoms with Crippen molar-refractivity contribution >= 4 is 38.6 Å². The summed E-state index contributed by atoms with van der Waals surface area (Å²) in [6.45, 7) is 2.03. The number of alkyl halides is 1. The van der Waals surface area contributed by atoms with Crippen molar-refractivity contribution in [1.29, 1.82) is 0 Å². The van der Waals surface area contributed by atoms with Gasteiger partial charge in [0.15, 0.2) is 0 Å². The highest BCUT2D eigenvalue weighted by atomic mass is 79.9. The summed E-state index contributed by atoms with van der Waals surface area (Å²) in [5.41, 5.74) is 3.62. The Morgan fingerprint density at radius 1 is 1.29 bits per heavy atom. The topological polar surface area (TPSA) is 17.8 Å². The quantitative estimate of drug-likeness (QED) is 0.595. The molecule has 3 rings (SSSR count). The Labute approximate surface area is 135 Å². The molecule has 0 amide bonds. The van der Waals surface area contributed by atoms with Crippen molar-refractivity contribution in [2.45, 2.75) is 13.3 Å². The number of fused-ring (bicyclic) bond motifs is 1. The van der Waals surface area contributed by atoms with Gasteiger partial charge < -0.3 is 0 Å². The molecule has 0 aliphatic carbocycles. The second kappa shape index (κ2) is 5.78. The highest BCUT2D eigenvalue weighted by Crippen LogP contribution is 2.28. The number of benzene rings is 2. The molecule has 3 aromatic rings. The van der Waals surface area contributed by atoms with Crippen molar-refractivity contribution in [3.63, 3.8) is 0 Å². The van der Waals surface area contributed by atoms with E-state index in [9.17, 15) is 4.39 Å². The maximum Gasteiger partial charge on any atom is 0.139 e. The van der Waals surface area contributed by atoms with Gasteiger partial charge in [0, 0.05) is 18.4 Å². The number of hydrogen-bond donors (Lipinski definition) is 0. The standard InChI is InChI=1S/C16H13BrClFN2/c1-10-4-2-3-5-14(10)21-15-9-12(19)11(17)8-13(15)20-16(21)6-7-18/h2-5,8-9H,6-7H2,1H3. The van der Waals surface area contributed by atoms with E-state index in [1.807, 2.05) is 35.8 Å². The minimum atomic E-state index is -0.297. The lowest BCUT2D eigenvalue weighted by Crippen LogP contribution is -2.04. The van der Waals surface area contributed by atoms with Crippen molar-refractivity contribution in [2.24, 2.45) is 0 Å². The lowest BCUT2D eigenvalue weighted by Gasteiger charge is -2.11. The fourth-order valence-corrected chi connectivity index (χ4v) is 2.96. The molecule has 108 valence electrons. The molecule has 0 aliphatic heterocycles. The molecule has 1 heterocycles. The summed E-state index contributed by atoms with van der Waals surface area (Å²) in [5.74, 6) is 1.01. The summed E-state index contributed by atoms with van der Waals surface area (Å²) < 4.78 is 16.3. The molecular weight excluding hydrogens is 355 g/mol. The molecule has 5 heteroatoms. The number of imidazole rings is 1. The van der Waals surface area contributed by atoms with Gasteiger partial charge in [-0.1, -0.05) is 18.2 Å². The van der Waals surface area contributed by atoms with E-state index in [1.54, 1.807) is 6.07 Å². The van der Waals surface area contributed by atoms with Gasteiger partial charge in [0.1, 0.15) is 11.6 Å². The molecule has 0 aliphatic rings. The Balaban J connectivity index is 2.35. The predicted molar refractivity (Wildman–Crippen MR) is 87.9 cm³/mol. The molecule has 2 aromatic carbocycles. The molecule has 0 atom stereocenters. The van der Waals surface area contributed by atoms with Gasteiger partial charge >= 0.3 is 0 Å². The first kappa shape index (κ1) is 14.5. The Bertz CT molecular complexity index is 813. The monoisotopic (exact) mass is 366 g/mol. The summed E-state index contributed by atoms with van der Waals surface area (Å²) in [6.07, 6.45) is 0.629. The molecule has 0 unspecified atom stereocenters. The van der Waals surface area contributed by atoms with E-state index in [2.05, 4.69) is 20.9 Å². The van der Waals surface area contributed by atoms with Crippen LogP contribution in [-0.4, -0.2) is 15.4 Å². The van der Waals surface area contributed by atoms with Gasteiger partial charge in [0.05, 0.1) is 21.2 Å². The van der Waals surface area contributed by atoms with Crippen molar-refractivity contribution < 1.29 is 4.39 Å². The van der Waals surface area contributed by atoms with Crippen molar-refractivity contribution in [3.05, 3.63) is 58.1 Å². The highest BCUT2D eigenvalue weighted by molar-refractivity contribution is 9.10. The van der Waals surface area contributed by atoms with E-state index in [0.29, 0.717) is 16.8 Å². The van der Waals surface area contributed by atoms with Gasteiger partial charge in [-0.3, -0.25) is 4.57 Å². The van der Waals surface area contributed by atoms with Gasteiger partial charge in [-0.2, -0.15) is 0 Å². The van der Waals surface area contributed by atoms with E-state index in [-0.39, 0.29) is 5.82 Å². The summed E-state index contributed by atoms with van der Waals surface area (Å²) in [4.78, 5) is 4.60. The first-order valence-corrected chi connectivity index (χ1v) is 7.93. The summed E-state index contributed by atoms with van der Waals surface area (Å²) in [5, 5.41) is 0. The van der Waals surface area contributed by atoms with Crippen LogP contribution in [0, 0.1) is 12.7 Å². The van der Waals surface area contributed by atoms with Crippen LogP contribution in [0.3, 0.4) is 0 Å². The SMILES string of the molecule is Cc1ccccc1-n1c(CCCl)nc2cc(Br)c(F)cc21. The van der Waals surface area contributed by atoms with Crippen LogP contribution < -0.4 is 0 Å². The van der Waals surface area contributed by atoms with Crippen LogP contribution >= 0.6 is 27.5 Å². The molecule has 0 saturated heterocycles. The third kappa shape index (κ3) is 2.58. The average Bonchev–Trinajstić information content (AvgIpc) is 2.78. The second-order valence-corrected chi connectivity index (χ2v) is 6.08. The molecule has 0 bridgehead atoms. The maximum atomic E-state index is 13.9. The van der Waals surface area contributed by atoms with Gasteiger partial charge in [-0.25, -0.2) is 9.37 Å². The van der Waals surface area contributed by atoms with Gasteiger partial charge in [-0.15, -0.1) is 11.6 Å². The summed E-state index contributed by atoms with van der Waals surface area (Å²) in [6, 6.07) is 11.2. The van der Waals surface area contributed by atoms with Crippen LogP contribution in [0.2, 0.25) is 0 Å². The van der Waals surface area contributed by atoms with Gasteiger partial charge in [-0.05, 0) is 40.5 Å². The molecule has 1 aromatic heterocycles. The average molecular weight is 368 g/mol. The molecule has 0 spiro atoms. The summed E-state index contributed by atoms with van der Waals surface area (Å²) in [7, 11) is 0. The normalized spacial score (nSPS) is 11.2. The number of nitrogens with zero attached hydrogens (tertiary/aromatic N) is 2. The minimum absolute atomic E-state index is 0.297. The highest BCUT2D eigenvalue weighted by Gasteiger charge is 2.15. The van der Waals surface area contributed by atoms with Crippen molar-refractivity contribution in [1.82, 2.24) is 9.55 Å². The van der Waals surface area contributed by atoms with Crippen LogP contribution in [0.1, 0.15) is 11.4 Å². The minimum Gasteiger partial charge on any atom is -0.296 e. The number of halogens is 3. The van der Waals surface area contributed by atoms with E-state index in [1.165, 1.54) is 6.07 Å². The van der Waals surface area contributed by atoms with Crippen LogP contribution in [0.15, 0.2) is 40.9 Å². The first-order chi connectivity index (χ1) is 10.1. The molecule has 0 fully saturated rings. The van der Waals surface area contributed by atoms with E-state index in [4.69, 9.17) is 11.6 Å². The number of aromatic nitrogens is 2. The molecule has 21 heavy (non-hydrogen) atoms. The largest absolute Gasteiger partial charge is 0.296 e. The van der Waals surface area contributed by atoms with Crippen LogP contribution in [0.25, 0.3) is 16.7 Å². The van der Waals surface area contributed by atoms with Crippen LogP contribution in [0.4, 0.5) is 4.39 Å². The third-order valence-corrected chi connectivity index (χ3v) is 4.24. The molecule has 0 radical (unpaired) electrons. The third-order valence-electron chi connectivity index (χ3n) is 3.44. The Morgan fingerprint density at radius 3 is 2.76 bits per heavy atom. The summed E-state index contributed by atoms with van der Waals surface area (Å²) >= 11 is 9.10. The first-order valence-electron chi connectivity index (χ1n) is 6.60. The number of aryl methyl sites for hydroxylation is 2. The fraction of sp³-hybridized carbons (Fsp3) is 0.188. The van der Waals surface area contributed by atoms with Crippen LogP contribution in [-0.2, 0) is 6.42 Å². The Kier molecular flexibility index (Phi) is 4.00. The zero-order valence-electron chi connectivity index (χ0n) is 11.4. The molecular formula is C16H13BrClFN2. The second-order valence-electron chi connectivity index (χ2n) is 4.84. The molecule has 2 nitrogen and oxygen atoms in total. The lowest BCUT2D eigenvalue weighted by atomic mass is 10.2. The zero-order valence-corrected chi connectivity index (χ0v) is 13.7. The smallest absolute Gasteiger partial charge is 0.139 e. The lowest BCUT2D eigenvalue weighted by molar-refractivity contribution is 0.622. The van der Waals surface area contributed by atoms with Gasteiger partial charge in [0.25, 0.3) is 0 Å². The van der Waals surface area contributed by atoms with E-state index in [0.717, 1.165) is 28.1 Å². The number of hydrogen-bond acceptors (Lipinski definition) is 1. The van der Waals surface area contributed by atoms with E-state index < -0.39 is 0 Å². The van der Waals surface area contributed by atoms with Gasteiger partial charge in [0.2, 0.25) is 0 Å². The zero-order chi connectivity index (χ0) is 15.0. The van der Waals surface area contributed by atoms with E-state index >= 15 is 0 Å². The van der Waals surface area contributed by atoms with Crippen LogP contribution in [0.5, 0.6) is 0 Å². The van der Waals surface area contributed by atoms with Crippen molar-refractivity contribution in [2.75, 3.05) is 5.88 Å². The van der Waals surface area contributed by atoms with Crippen molar-refractivity contribution in [3.8, 4) is 5.69 Å². The predicted octanol–water partition coefficient (Wildman–Crippen LogP) is 5.02. The fourth-order valence-electron chi connectivity index (χ4n) is 2.46. The number of para-hydroxylation sites is 1. The Hall–Kier alpha value is -1.39.